The van der Waals surface area contributed by atoms with E-state index in [4.69, 9.17) is 20.3 Å². The van der Waals surface area contributed by atoms with Crippen LogP contribution in [0.25, 0.3) is 0 Å². The second kappa shape index (κ2) is 10.2. The van der Waals surface area contributed by atoms with Crippen molar-refractivity contribution in [3.05, 3.63) is 0 Å². The molecule has 1 saturated heterocycles. The Morgan fingerprint density at radius 2 is 1.80 bits per heavy atom. The lowest BCUT2D eigenvalue weighted by atomic mass is 9.79. The van der Waals surface area contributed by atoms with Crippen molar-refractivity contribution in [2.24, 2.45) is 16.8 Å². The van der Waals surface area contributed by atoms with Crippen molar-refractivity contribution in [1.82, 2.24) is 4.90 Å². The van der Waals surface area contributed by atoms with Crippen LogP contribution in [0.4, 0.5) is 0 Å². The minimum absolute atomic E-state index is 0.0154. The monoisotopic (exact) mass is 377 g/mol. The number of ether oxygens (including phenoxy) is 2. The molecule has 0 aromatic rings. The predicted molar refractivity (Wildman–Crippen MR) is 98.5 cm³/mol. The van der Waals surface area contributed by atoms with Gasteiger partial charge in [0.1, 0.15) is 5.72 Å². The van der Waals surface area contributed by atoms with Crippen LogP contribution in [-0.4, -0.2) is 64.3 Å². The molecular formula is C17H35N3O4S. The fourth-order valence-corrected chi connectivity index (χ4v) is 4.49. The normalized spacial score (nSPS) is 23.4. The number of nitrogens with two attached hydrogens (primary N) is 2. The standard InChI is InChI=1S/C17H35N3O4S/c18-17(16-6-2-1-3-7-16,8-4-5-15-25(19,21)22)24-14-11-20-9-12-23-13-10-20/h16H,1-15,18H2,(H2,19,21,22). The molecule has 1 saturated carbocycles. The molecule has 148 valence electrons. The molecule has 2 rings (SSSR count). The Balaban J connectivity index is 1.82. The summed E-state index contributed by atoms with van der Waals surface area (Å²) < 4.78 is 33.8. The third kappa shape index (κ3) is 7.88. The molecule has 4 N–H and O–H groups in total. The fourth-order valence-electron chi connectivity index (χ4n) is 3.88. The summed E-state index contributed by atoms with van der Waals surface area (Å²) in [4.78, 5) is 2.34. The molecule has 0 aromatic carbocycles. The lowest BCUT2D eigenvalue weighted by molar-refractivity contribution is -0.107. The van der Waals surface area contributed by atoms with E-state index in [0.29, 0.717) is 25.4 Å². The maximum atomic E-state index is 11.1. The smallest absolute Gasteiger partial charge is 0.209 e. The number of sulfonamides is 1. The first-order chi connectivity index (χ1) is 11.9. The molecule has 0 spiro atoms. The maximum Gasteiger partial charge on any atom is 0.209 e. The number of hydrogen-bond donors (Lipinski definition) is 2. The van der Waals surface area contributed by atoms with Gasteiger partial charge in [-0.15, -0.1) is 0 Å². The van der Waals surface area contributed by atoms with E-state index >= 15 is 0 Å². The molecule has 7 nitrogen and oxygen atoms in total. The summed E-state index contributed by atoms with van der Waals surface area (Å²) in [5.74, 6) is 0.377. The lowest BCUT2D eigenvalue weighted by Gasteiger charge is -2.40. The van der Waals surface area contributed by atoms with Crippen LogP contribution >= 0.6 is 0 Å². The quantitative estimate of drug-likeness (QED) is 0.435. The summed E-state index contributed by atoms with van der Waals surface area (Å²) in [7, 11) is -3.40. The van der Waals surface area contributed by atoms with Crippen LogP contribution in [0.5, 0.6) is 0 Å². The molecule has 0 bridgehead atoms. The van der Waals surface area contributed by atoms with Crippen LogP contribution in [0.2, 0.25) is 0 Å². The van der Waals surface area contributed by atoms with Crippen LogP contribution in [0.3, 0.4) is 0 Å². The average Bonchev–Trinajstić information content (AvgIpc) is 2.60. The van der Waals surface area contributed by atoms with E-state index in [0.717, 1.165) is 52.1 Å². The molecule has 1 aliphatic carbocycles. The molecule has 0 amide bonds. The second-order valence-electron chi connectivity index (χ2n) is 7.42. The SMILES string of the molecule is NC(CCCCS(N)(=O)=O)(OCCN1CCOCC1)C1CCCCC1. The van der Waals surface area contributed by atoms with Crippen LogP contribution < -0.4 is 10.9 Å². The highest BCUT2D eigenvalue weighted by Crippen LogP contribution is 2.35. The van der Waals surface area contributed by atoms with E-state index in [1.165, 1.54) is 19.3 Å². The van der Waals surface area contributed by atoms with Crippen LogP contribution in [0.15, 0.2) is 0 Å². The van der Waals surface area contributed by atoms with Crippen molar-refractivity contribution in [1.29, 1.82) is 0 Å². The fraction of sp³-hybridized carbons (Fsp3) is 1.00. The molecule has 1 aliphatic heterocycles. The summed E-state index contributed by atoms with van der Waals surface area (Å²) in [6.45, 7) is 4.93. The zero-order chi connectivity index (χ0) is 18.2. The van der Waals surface area contributed by atoms with E-state index in [1.807, 2.05) is 0 Å². The number of unbranched alkanes of at least 4 members (excludes halogenated alkanes) is 1. The average molecular weight is 378 g/mol. The van der Waals surface area contributed by atoms with Gasteiger partial charge in [-0.25, -0.2) is 13.6 Å². The number of rotatable bonds is 10. The van der Waals surface area contributed by atoms with Gasteiger partial charge >= 0.3 is 0 Å². The molecule has 1 atom stereocenters. The summed E-state index contributed by atoms with van der Waals surface area (Å²) in [5.41, 5.74) is 6.04. The van der Waals surface area contributed by atoms with E-state index in [2.05, 4.69) is 4.90 Å². The minimum atomic E-state index is -3.40. The molecule has 0 radical (unpaired) electrons. The number of morpholine rings is 1. The van der Waals surface area contributed by atoms with Gasteiger partial charge in [0.05, 0.1) is 25.6 Å². The van der Waals surface area contributed by atoms with E-state index in [9.17, 15) is 8.42 Å². The van der Waals surface area contributed by atoms with Crippen molar-refractivity contribution in [3.63, 3.8) is 0 Å². The van der Waals surface area contributed by atoms with Gasteiger partial charge in [-0.3, -0.25) is 4.90 Å². The Hall–Kier alpha value is -0.250. The van der Waals surface area contributed by atoms with E-state index in [-0.39, 0.29) is 5.75 Å². The highest BCUT2D eigenvalue weighted by atomic mass is 32.2. The Labute approximate surface area is 152 Å². The lowest BCUT2D eigenvalue weighted by Crippen LogP contribution is -2.51. The highest BCUT2D eigenvalue weighted by molar-refractivity contribution is 7.89. The van der Waals surface area contributed by atoms with Crippen molar-refractivity contribution < 1.29 is 17.9 Å². The third-order valence-corrected chi connectivity index (χ3v) is 6.28. The Morgan fingerprint density at radius 1 is 1.12 bits per heavy atom. The summed E-state index contributed by atoms with van der Waals surface area (Å²) >= 11 is 0. The summed E-state index contributed by atoms with van der Waals surface area (Å²) in [6.07, 6.45) is 7.83. The van der Waals surface area contributed by atoms with Gasteiger partial charge in [0.2, 0.25) is 10.0 Å². The molecule has 0 aromatic heterocycles. The summed E-state index contributed by atoms with van der Waals surface area (Å²) in [5, 5.41) is 5.08. The van der Waals surface area contributed by atoms with Crippen molar-refractivity contribution in [2.45, 2.75) is 57.1 Å². The zero-order valence-electron chi connectivity index (χ0n) is 15.3. The van der Waals surface area contributed by atoms with Gasteiger partial charge in [-0.1, -0.05) is 19.3 Å². The van der Waals surface area contributed by atoms with Crippen LogP contribution in [0.1, 0.15) is 51.4 Å². The maximum absolute atomic E-state index is 11.1. The third-order valence-electron chi connectivity index (χ3n) is 5.42. The molecule has 25 heavy (non-hydrogen) atoms. The molecule has 1 heterocycles. The molecule has 2 fully saturated rings. The Kier molecular flexibility index (Phi) is 8.57. The zero-order valence-corrected chi connectivity index (χ0v) is 16.1. The van der Waals surface area contributed by atoms with Crippen molar-refractivity contribution in [2.75, 3.05) is 45.2 Å². The van der Waals surface area contributed by atoms with Gasteiger partial charge in [0.15, 0.2) is 0 Å². The van der Waals surface area contributed by atoms with E-state index < -0.39 is 15.7 Å². The predicted octanol–water partition coefficient (Wildman–Crippen LogP) is 1.03. The van der Waals surface area contributed by atoms with Crippen molar-refractivity contribution >= 4 is 10.0 Å². The Morgan fingerprint density at radius 3 is 2.44 bits per heavy atom. The van der Waals surface area contributed by atoms with Crippen LogP contribution in [0, 0.1) is 5.92 Å². The first-order valence-corrected chi connectivity index (χ1v) is 11.3. The first-order valence-electron chi connectivity index (χ1n) is 9.62. The molecule has 2 aliphatic rings. The number of primary sulfonamides is 1. The molecule has 1 unspecified atom stereocenters. The molecular weight excluding hydrogens is 342 g/mol. The number of nitrogens with zero attached hydrogens (tertiary/aromatic N) is 1. The first kappa shape index (κ1) is 21.1. The number of hydrogen-bond acceptors (Lipinski definition) is 6. The van der Waals surface area contributed by atoms with Gasteiger partial charge < -0.3 is 15.2 Å². The van der Waals surface area contributed by atoms with Gasteiger partial charge in [0.25, 0.3) is 0 Å². The van der Waals surface area contributed by atoms with Crippen molar-refractivity contribution in [3.8, 4) is 0 Å². The highest BCUT2D eigenvalue weighted by Gasteiger charge is 2.36. The van der Waals surface area contributed by atoms with E-state index in [1.54, 1.807) is 0 Å². The topological polar surface area (TPSA) is 108 Å². The van der Waals surface area contributed by atoms with Gasteiger partial charge in [0, 0.05) is 25.6 Å². The minimum Gasteiger partial charge on any atom is -0.379 e. The summed E-state index contributed by atoms with van der Waals surface area (Å²) in [6, 6.07) is 0. The largest absolute Gasteiger partial charge is 0.379 e. The van der Waals surface area contributed by atoms with Gasteiger partial charge in [-0.05, 0) is 32.1 Å². The van der Waals surface area contributed by atoms with Gasteiger partial charge in [-0.2, -0.15) is 0 Å². The molecule has 8 heteroatoms. The van der Waals surface area contributed by atoms with Crippen LogP contribution in [-0.2, 0) is 19.5 Å². The Bertz CT molecular complexity index is 476. The second-order valence-corrected chi connectivity index (χ2v) is 9.15.